The van der Waals surface area contributed by atoms with E-state index in [0.29, 0.717) is 28.3 Å². The summed E-state index contributed by atoms with van der Waals surface area (Å²) in [6.07, 6.45) is 3.12. The molecule has 0 saturated heterocycles. The van der Waals surface area contributed by atoms with Crippen molar-refractivity contribution in [2.45, 2.75) is 13.5 Å². The Hall–Kier alpha value is -3.19. The van der Waals surface area contributed by atoms with Gasteiger partial charge in [-0.2, -0.15) is 0 Å². The number of hydrogen-bond acceptors (Lipinski definition) is 3. The van der Waals surface area contributed by atoms with E-state index in [-0.39, 0.29) is 5.91 Å². The summed E-state index contributed by atoms with van der Waals surface area (Å²) < 4.78 is 14.9. The number of nitrogens with zero attached hydrogens (tertiary/aromatic N) is 1. The van der Waals surface area contributed by atoms with Crippen molar-refractivity contribution in [3.63, 3.8) is 0 Å². The Bertz CT molecular complexity index is 1070. The fourth-order valence-electron chi connectivity index (χ4n) is 2.84. The zero-order chi connectivity index (χ0) is 20.1. The number of carbonyl (C=O) groups is 1. The quantitative estimate of drug-likeness (QED) is 0.417. The van der Waals surface area contributed by atoms with Crippen molar-refractivity contribution in [3.05, 3.63) is 81.9 Å². The number of amides is 1. The van der Waals surface area contributed by atoms with Gasteiger partial charge in [0.15, 0.2) is 4.77 Å². The molecule has 0 aliphatic rings. The molecule has 0 aliphatic carbocycles. The van der Waals surface area contributed by atoms with Gasteiger partial charge in [0.25, 0.3) is 5.91 Å². The molecular formula is C21H21FN4OS. The van der Waals surface area contributed by atoms with Gasteiger partial charge in [-0.15, -0.1) is 0 Å². The van der Waals surface area contributed by atoms with E-state index in [4.69, 9.17) is 18.0 Å². The van der Waals surface area contributed by atoms with Crippen LogP contribution in [0.2, 0.25) is 0 Å². The van der Waals surface area contributed by atoms with E-state index < -0.39 is 6.67 Å². The van der Waals surface area contributed by atoms with Gasteiger partial charge >= 0.3 is 0 Å². The van der Waals surface area contributed by atoms with Gasteiger partial charge in [-0.05, 0) is 55.0 Å². The first kappa shape index (κ1) is 19.6. The predicted molar refractivity (Wildman–Crippen MR) is 114 cm³/mol. The van der Waals surface area contributed by atoms with Crippen LogP contribution in [-0.2, 0) is 6.54 Å². The lowest BCUT2D eigenvalue weighted by atomic mass is 10.1. The third-order valence-electron chi connectivity index (χ3n) is 4.42. The Labute approximate surface area is 167 Å². The fourth-order valence-corrected chi connectivity index (χ4v) is 3.15. The van der Waals surface area contributed by atoms with Crippen LogP contribution in [0.4, 0.5) is 15.8 Å². The number of nitrogens with one attached hydrogen (secondary N) is 2. The first-order valence-electron chi connectivity index (χ1n) is 8.76. The molecule has 28 heavy (non-hydrogen) atoms. The number of imidazole rings is 1. The Kier molecular flexibility index (Phi) is 6.06. The smallest absolute Gasteiger partial charge is 0.255 e. The highest BCUT2D eigenvalue weighted by Crippen LogP contribution is 2.18. The van der Waals surface area contributed by atoms with Crippen molar-refractivity contribution in [2.24, 2.45) is 0 Å². The van der Waals surface area contributed by atoms with Crippen LogP contribution in [0.1, 0.15) is 27.3 Å². The maximum absolute atomic E-state index is 12.4. The fraction of sp³-hybridized carbons (Fsp3) is 0.143. The highest BCUT2D eigenvalue weighted by atomic mass is 32.1. The molecule has 0 atom stereocenters. The number of nitrogens with two attached hydrogens (primary N) is 1. The molecule has 0 radical (unpaired) electrons. The number of anilines is 2. The maximum atomic E-state index is 12.4. The highest BCUT2D eigenvalue weighted by molar-refractivity contribution is 7.71. The lowest BCUT2D eigenvalue weighted by molar-refractivity contribution is 0.102. The van der Waals surface area contributed by atoms with Gasteiger partial charge in [-0.1, -0.05) is 30.3 Å². The molecule has 0 saturated carbocycles. The van der Waals surface area contributed by atoms with Crippen molar-refractivity contribution < 1.29 is 9.18 Å². The molecule has 2 aromatic carbocycles. The molecular weight excluding hydrogens is 375 g/mol. The molecule has 0 bridgehead atoms. The van der Waals surface area contributed by atoms with E-state index in [1.807, 2.05) is 35.8 Å². The second-order valence-electron chi connectivity index (χ2n) is 6.31. The van der Waals surface area contributed by atoms with Gasteiger partial charge < -0.3 is 20.6 Å². The van der Waals surface area contributed by atoms with E-state index in [1.54, 1.807) is 30.3 Å². The molecule has 144 valence electrons. The minimum absolute atomic E-state index is 0.225. The summed E-state index contributed by atoms with van der Waals surface area (Å²) in [6.45, 7) is 1.96. The molecule has 4 N–H and O–H groups in total. The maximum Gasteiger partial charge on any atom is 0.255 e. The second-order valence-corrected chi connectivity index (χ2v) is 6.70. The number of aromatic amines is 1. The molecule has 3 rings (SSSR count). The lowest BCUT2D eigenvalue weighted by Crippen LogP contribution is -2.13. The second kappa shape index (κ2) is 8.67. The van der Waals surface area contributed by atoms with Gasteiger partial charge in [0, 0.05) is 11.3 Å². The average molecular weight is 396 g/mol. The number of allylic oxidation sites excluding steroid dienone is 1. The van der Waals surface area contributed by atoms with Crippen LogP contribution in [0.15, 0.2) is 54.6 Å². The highest BCUT2D eigenvalue weighted by Gasteiger charge is 2.10. The summed E-state index contributed by atoms with van der Waals surface area (Å²) in [5.41, 5.74) is 10.2. The molecule has 0 fully saturated rings. The number of H-pyrrole nitrogens is 1. The van der Waals surface area contributed by atoms with Crippen LogP contribution in [0.25, 0.3) is 6.08 Å². The van der Waals surface area contributed by atoms with E-state index in [0.717, 1.165) is 17.0 Å². The summed E-state index contributed by atoms with van der Waals surface area (Å²) in [4.78, 5) is 15.5. The van der Waals surface area contributed by atoms with Gasteiger partial charge in [-0.3, -0.25) is 4.79 Å². The van der Waals surface area contributed by atoms with Crippen molar-refractivity contribution >= 4 is 35.6 Å². The van der Waals surface area contributed by atoms with Crippen LogP contribution in [0.5, 0.6) is 0 Å². The molecule has 1 aromatic heterocycles. The van der Waals surface area contributed by atoms with Crippen molar-refractivity contribution in [3.8, 4) is 0 Å². The van der Waals surface area contributed by atoms with Gasteiger partial charge in [0.1, 0.15) is 6.67 Å². The van der Waals surface area contributed by atoms with Crippen molar-refractivity contribution in [1.29, 1.82) is 0 Å². The number of halogens is 1. The summed E-state index contributed by atoms with van der Waals surface area (Å²) >= 11 is 5.37. The number of benzene rings is 2. The van der Waals surface area contributed by atoms with Crippen molar-refractivity contribution in [2.75, 3.05) is 17.7 Å². The Morgan fingerprint density at radius 1 is 1.25 bits per heavy atom. The Morgan fingerprint density at radius 3 is 2.64 bits per heavy atom. The Balaban J connectivity index is 1.74. The van der Waals surface area contributed by atoms with Gasteiger partial charge in [-0.25, -0.2) is 4.39 Å². The number of alkyl halides is 1. The molecule has 0 aliphatic heterocycles. The van der Waals surface area contributed by atoms with Crippen LogP contribution < -0.4 is 11.1 Å². The van der Waals surface area contributed by atoms with E-state index in [2.05, 4.69) is 10.3 Å². The monoisotopic (exact) mass is 396 g/mol. The van der Waals surface area contributed by atoms with Crippen LogP contribution in [0, 0.1) is 11.7 Å². The Morgan fingerprint density at radius 2 is 1.96 bits per heavy atom. The molecule has 7 heteroatoms. The van der Waals surface area contributed by atoms with Crippen LogP contribution in [-0.4, -0.2) is 22.1 Å². The van der Waals surface area contributed by atoms with Crippen LogP contribution in [0.3, 0.4) is 0 Å². The number of para-hydroxylation sites is 2. The summed E-state index contributed by atoms with van der Waals surface area (Å²) in [5, 5.41) is 2.81. The number of hydrogen-bond donors (Lipinski definition) is 3. The van der Waals surface area contributed by atoms with E-state index in [1.165, 1.54) is 6.08 Å². The molecule has 5 nitrogen and oxygen atoms in total. The first-order chi connectivity index (χ1) is 13.5. The third kappa shape index (κ3) is 4.37. The zero-order valence-electron chi connectivity index (χ0n) is 15.4. The standard InChI is InChI=1S/C21H21FN4OS/c1-14-18(7-4-12-22)25-21(28)26(14)13-15-8-10-16(11-9-15)20(27)24-19-6-3-2-5-17(19)23/h2-11H,12-13,23H2,1H3,(H,24,27)(H,25,28)/b7-4-. The normalized spacial score (nSPS) is 11.1. The number of carbonyl (C=O) groups excluding carboxylic acids is 1. The molecule has 1 heterocycles. The predicted octanol–water partition coefficient (Wildman–Crippen LogP) is 4.72. The van der Waals surface area contributed by atoms with Gasteiger partial charge in [0.2, 0.25) is 0 Å². The lowest BCUT2D eigenvalue weighted by Gasteiger charge is -2.09. The zero-order valence-corrected chi connectivity index (χ0v) is 16.2. The topological polar surface area (TPSA) is 75.8 Å². The minimum Gasteiger partial charge on any atom is -0.397 e. The van der Waals surface area contributed by atoms with Crippen molar-refractivity contribution in [1.82, 2.24) is 9.55 Å². The molecule has 3 aromatic rings. The molecule has 0 spiro atoms. The average Bonchev–Trinajstić information content (AvgIpc) is 2.96. The number of nitrogen functional groups attached to an aromatic ring is 1. The summed E-state index contributed by atoms with van der Waals surface area (Å²) in [6, 6.07) is 14.4. The van der Waals surface area contributed by atoms with Crippen LogP contribution >= 0.6 is 12.2 Å². The third-order valence-corrected chi connectivity index (χ3v) is 4.74. The minimum atomic E-state index is -0.524. The number of rotatable bonds is 6. The molecule has 1 amide bonds. The van der Waals surface area contributed by atoms with Gasteiger partial charge in [0.05, 0.1) is 23.6 Å². The molecule has 0 unspecified atom stereocenters. The SMILES string of the molecule is Cc1c(/C=C\CF)[nH]c(=S)n1Cc1ccc(C(=O)Nc2ccccc2N)cc1. The first-order valence-corrected chi connectivity index (χ1v) is 9.17. The number of aromatic nitrogens is 2. The van der Waals surface area contributed by atoms with E-state index >= 15 is 0 Å². The summed E-state index contributed by atoms with van der Waals surface area (Å²) in [7, 11) is 0. The van der Waals surface area contributed by atoms with E-state index in [9.17, 15) is 9.18 Å². The summed E-state index contributed by atoms with van der Waals surface area (Å²) in [5.74, 6) is -0.225. The largest absolute Gasteiger partial charge is 0.397 e.